The highest BCUT2D eigenvalue weighted by Crippen LogP contribution is 2.35. The molecule has 3 heterocycles. The maximum atomic E-state index is 12.3. The van der Waals surface area contributed by atoms with Crippen molar-refractivity contribution in [3.8, 4) is 5.95 Å². The molecule has 0 bridgehead atoms. The second-order valence-electron chi connectivity index (χ2n) is 6.41. The van der Waals surface area contributed by atoms with Crippen molar-refractivity contribution in [3.63, 3.8) is 0 Å². The van der Waals surface area contributed by atoms with Gasteiger partial charge in [-0.15, -0.1) is 0 Å². The van der Waals surface area contributed by atoms with E-state index in [-0.39, 0.29) is 5.69 Å². The molecule has 3 aromatic heterocycles. The summed E-state index contributed by atoms with van der Waals surface area (Å²) in [5.74, 6) is 1.71. The summed E-state index contributed by atoms with van der Waals surface area (Å²) in [6, 6.07) is 3.80. The van der Waals surface area contributed by atoms with Crippen LogP contribution < -0.4 is 5.69 Å². The molecule has 0 amide bonds. The topological polar surface area (TPSA) is 76.5 Å². The van der Waals surface area contributed by atoms with Gasteiger partial charge in [-0.1, -0.05) is 19.8 Å². The molecule has 1 aliphatic carbocycles. The zero-order valence-corrected chi connectivity index (χ0v) is 13.1. The lowest BCUT2D eigenvalue weighted by Crippen LogP contribution is -2.17. The molecule has 1 aliphatic rings. The molecule has 1 saturated carbocycles. The summed E-state index contributed by atoms with van der Waals surface area (Å²) < 4.78 is 1.50. The molecular formula is C17H19N5O. The first kappa shape index (κ1) is 14.1. The molecule has 6 heteroatoms. The van der Waals surface area contributed by atoms with Gasteiger partial charge in [-0.25, -0.2) is 24.3 Å². The Morgan fingerprint density at radius 2 is 1.87 bits per heavy atom. The number of nitrogens with zero attached hydrogens (tertiary/aromatic N) is 4. The van der Waals surface area contributed by atoms with Crippen molar-refractivity contribution < 1.29 is 0 Å². The number of H-pyrrole nitrogens is 1. The van der Waals surface area contributed by atoms with Crippen molar-refractivity contribution in [2.45, 2.75) is 38.5 Å². The van der Waals surface area contributed by atoms with Crippen molar-refractivity contribution in [3.05, 3.63) is 46.8 Å². The second-order valence-corrected chi connectivity index (χ2v) is 6.41. The van der Waals surface area contributed by atoms with Crippen LogP contribution in [0.3, 0.4) is 0 Å². The Labute approximate surface area is 133 Å². The minimum Gasteiger partial charge on any atom is -0.290 e. The lowest BCUT2D eigenvalue weighted by molar-refractivity contribution is 0.347. The number of fused-ring (bicyclic) bond motifs is 1. The van der Waals surface area contributed by atoms with Gasteiger partial charge in [0.25, 0.3) is 0 Å². The third-order valence-electron chi connectivity index (χ3n) is 4.80. The number of imidazole rings is 1. The van der Waals surface area contributed by atoms with E-state index in [9.17, 15) is 4.79 Å². The Morgan fingerprint density at radius 3 is 2.61 bits per heavy atom. The van der Waals surface area contributed by atoms with E-state index >= 15 is 0 Å². The third-order valence-corrected chi connectivity index (χ3v) is 4.80. The predicted octanol–water partition coefficient (Wildman–Crippen LogP) is 2.80. The number of aromatic amines is 1. The highest BCUT2D eigenvalue weighted by molar-refractivity contribution is 5.73. The van der Waals surface area contributed by atoms with Crippen LogP contribution in [0.5, 0.6) is 0 Å². The number of pyridine rings is 1. The smallest absolute Gasteiger partial charge is 0.290 e. The summed E-state index contributed by atoms with van der Waals surface area (Å²) in [7, 11) is 0. The summed E-state index contributed by atoms with van der Waals surface area (Å²) >= 11 is 0. The predicted molar refractivity (Wildman–Crippen MR) is 87.7 cm³/mol. The minimum atomic E-state index is -0.256. The summed E-state index contributed by atoms with van der Waals surface area (Å²) in [5.41, 5.74) is 2.27. The number of hydrogen-bond acceptors (Lipinski definition) is 4. The van der Waals surface area contributed by atoms with Crippen LogP contribution in [0.4, 0.5) is 0 Å². The quantitative estimate of drug-likeness (QED) is 0.789. The van der Waals surface area contributed by atoms with Gasteiger partial charge < -0.3 is 0 Å². The number of aromatic nitrogens is 5. The monoisotopic (exact) mass is 309 g/mol. The van der Waals surface area contributed by atoms with Crippen molar-refractivity contribution in [1.82, 2.24) is 24.5 Å². The van der Waals surface area contributed by atoms with Crippen LogP contribution in [0.15, 0.2) is 35.5 Å². The van der Waals surface area contributed by atoms with Gasteiger partial charge in [0.15, 0.2) is 5.65 Å². The number of rotatable bonds is 2. The van der Waals surface area contributed by atoms with Gasteiger partial charge in [-0.3, -0.25) is 4.98 Å². The molecule has 0 aromatic carbocycles. The number of nitrogens with one attached hydrogen (secondary N) is 1. The van der Waals surface area contributed by atoms with E-state index in [1.165, 1.54) is 35.8 Å². The number of hydrogen-bond donors (Lipinski definition) is 1. The average molecular weight is 309 g/mol. The van der Waals surface area contributed by atoms with Crippen LogP contribution in [-0.4, -0.2) is 24.5 Å². The Balaban J connectivity index is 1.80. The van der Waals surface area contributed by atoms with E-state index in [1.807, 2.05) is 6.20 Å². The second kappa shape index (κ2) is 5.61. The lowest BCUT2D eigenvalue weighted by atomic mass is 9.80. The van der Waals surface area contributed by atoms with Crippen LogP contribution in [0.1, 0.15) is 44.1 Å². The van der Waals surface area contributed by atoms with E-state index in [1.54, 1.807) is 18.5 Å². The summed E-state index contributed by atoms with van der Waals surface area (Å²) in [5, 5.41) is 0. The van der Waals surface area contributed by atoms with E-state index in [2.05, 4.69) is 32.9 Å². The molecule has 0 unspecified atom stereocenters. The molecule has 0 saturated heterocycles. The van der Waals surface area contributed by atoms with Crippen molar-refractivity contribution in [2.24, 2.45) is 5.92 Å². The molecule has 0 spiro atoms. The van der Waals surface area contributed by atoms with Crippen LogP contribution in [0.2, 0.25) is 0 Å². The summed E-state index contributed by atoms with van der Waals surface area (Å²) in [6.45, 7) is 2.31. The average Bonchev–Trinajstić information content (AvgIpc) is 2.91. The molecule has 3 aromatic rings. The SMILES string of the molecule is C[C@H]1CC[C@H](c2cnc3[nH]c(=O)n(-c4ncccn4)c3c2)CC1. The zero-order chi connectivity index (χ0) is 15.8. The Morgan fingerprint density at radius 1 is 1.13 bits per heavy atom. The minimum absolute atomic E-state index is 0.256. The van der Waals surface area contributed by atoms with Crippen molar-refractivity contribution in [1.29, 1.82) is 0 Å². The Hall–Kier alpha value is -2.50. The van der Waals surface area contributed by atoms with Gasteiger partial charge in [-0.05, 0) is 42.4 Å². The van der Waals surface area contributed by atoms with Crippen LogP contribution in [-0.2, 0) is 0 Å². The van der Waals surface area contributed by atoms with Crippen molar-refractivity contribution in [2.75, 3.05) is 0 Å². The fourth-order valence-corrected chi connectivity index (χ4v) is 3.42. The molecule has 0 atom stereocenters. The first-order chi connectivity index (χ1) is 11.2. The Bertz CT molecular complexity index is 875. The third kappa shape index (κ3) is 2.54. The molecule has 6 nitrogen and oxygen atoms in total. The van der Waals surface area contributed by atoms with Gasteiger partial charge in [-0.2, -0.15) is 0 Å². The highest BCUT2D eigenvalue weighted by atomic mass is 16.1. The summed E-state index contributed by atoms with van der Waals surface area (Å²) in [6.07, 6.45) is 10.0. The van der Waals surface area contributed by atoms with E-state index in [4.69, 9.17) is 0 Å². The first-order valence-electron chi connectivity index (χ1n) is 8.10. The standard InChI is InChI=1S/C17H19N5O/c1-11-3-5-12(6-4-11)13-9-14-15(20-10-13)21-17(23)22(14)16-18-7-2-8-19-16/h2,7-12H,3-6H2,1H3,(H,20,21,23)/t11-,12-. The van der Waals surface area contributed by atoms with Crippen molar-refractivity contribution >= 4 is 11.2 Å². The largest absolute Gasteiger partial charge is 0.334 e. The molecule has 1 N–H and O–H groups in total. The van der Waals surface area contributed by atoms with E-state index < -0.39 is 0 Å². The molecule has 23 heavy (non-hydrogen) atoms. The fourth-order valence-electron chi connectivity index (χ4n) is 3.42. The molecular weight excluding hydrogens is 290 g/mol. The highest BCUT2D eigenvalue weighted by Gasteiger charge is 2.21. The Kier molecular flexibility index (Phi) is 3.44. The van der Waals surface area contributed by atoms with Gasteiger partial charge in [0.1, 0.15) is 0 Å². The van der Waals surface area contributed by atoms with Gasteiger partial charge in [0, 0.05) is 18.6 Å². The van der Waals surface area contributed by atoms with Crippen LogP contribution in [0.25, 0.3) is 17.1 Å². The summed E-state index contributed by atoms with van der Waals surface area (Å²) in [4.78, 5) is 27.9. The maximum Gasteiger partial charge on any atom is 0.334 e. The first-order valence-corrected chi connectivity index (χ1v) is 8.10. The lowest BCUT2D eigenvalue weighted by Gasteiger charge is -2.26. The van der Waals surface area contributed by atoms with Gasteiger partial charge in [0.2, 0.25) is 5.95 Å². The molecule has 0 aliphatic heterocycles. The van der Waals surface area contributed by atoms with Gasteiger partial charge in [0.05, 0.1) is 5.52 Å². The van der Waals surface area contributed by atoms with E-state index in [0.29, 0.717) is 17.5 Å². The molecule has 0 radical (unpaired) electrons. The van der Waals surface area contributed by atoms with Gasteiger partial charge >= 0.3 is 5.69 Å². The fraction of sp³-hybridized carbons (Fsp3) is 0.412. The molecule has 118 valence electrons. The van der Waals surface area contributed by atoms with Crippen LogP contribution >= 0.6 is 0 Å². The normalized spacial score (nSPS) is 21.6. The molecule has 4 rings (SSSR count). The van der Waals surface area contributed by atoms with Crippen LogP contribution in [0, 0.1) is 5.92 Å². The van der Waals surface area contributed by atoms with E-state index in [0.717, 1.165) is 11.4 Å². The zero-order valence-electron chi connectivity index (χ0n) is 13.1. The maximum absolute atomic E-state index is 12.3. The molecule has 1 fully saturated rings.